The number of nitrogens with one attached hydrogen (secondary N) is 2. The Morgan fingerprint density at radius 3 is 2.63 bits per heavy atom. The molecule has 0 aliphatic carbocycles. The Kier molecular flexibility index (Phi) is 5.53. The number of hydrogen-bond acceptors (Lipinski definition) is 6. The maximum absolute atomic E-state index is 11.2. The molecule has 3 N–H and O–H groups in total. The maximum atomic E-state index is 11.2. The molecular weight excluding hydrogens is 364 g/mol. The van der Waals surface area contributed by atoms with Crippen LogP contribution in [0.25, 0.3) is 11.2 Å². The minimum atomic E-state index is -1.21. The molecule has 1 aromatic carbocycles. The molecule has 144 valence electrons. The van der Waals surface area contributed by atoms with E-state index in [-0.39, 0.29) is 18.5 Å². The van der Waals surface area contributed by atoms with E-state index in [4.69, 9.17) is 11.6 Å². The molecule has 7 nitrogen and oxygen atoms in total. The fourth-order valence-corrected chi connectivity index (χ4v) is 2.98. The fourth-order valence-electron chi connectivity index (χ4n) is 2.79. The SMILES string of the molecule is CC(C)n1cnc2c(NC[C@@](O)(Nc3cccc(Cl)c3)C(C)C)ncnc21. The third-order valence-corrected chi connectivity index (χ3v) is 4.82. The fraction of sp³-hybridized carbons (Fsp3) is 0.421. The molecule has 0 amide bonds. The molecule has 0 saturated heterocycles. The van der Waals surface area contributed by atoms with Crippen LogP contribution in [-0.2, 0) is 0 Å². The van der Waals surface area contributed by atoms with Gasteiger partial charge in [0.2, 0.25) is 0 Å². The van der Waals surface area contributed by atoms with E-state index in [1.807, 2.05) is 30.5 Å². The van der Waals surface area contributed by atoms with Crippen LogP contribution in [0.2, 0.25) is 5.02 Å². The summed E-state index contributed by atoms with van der Waals surface area (Å²) in [5, 5.41) is 18.2. The summed E-state index contributed by atoms with van der Waals surface area (Å²) in [6.07, 6.45) is 3.26. The predicted octanol–water partition coefficient (Wildman–Crippen LogP) is 3.93. The second-order valence-corrected chi connectivity index (χ2v) is 7.64. The summed E-state index contributed by atoms with van der Waals surface area (Å²) < 4.78 is 1.99. The summed E-state index contributed by atoms with van der Waals surface area (Å²) in [7, 11) is 0. The molecule has 0 saturated carbocycles. The van der Waals surface area contributed by atoms with Crippen LogP contribution in [0.4, 0.5) is 11.5 Å². The van der Waals surface area contributed by atoms with Gasteiger partial charge in [-0.3, -0.25) is 0 Å². The van der Waals surface area contributed by atoms with Crippen molar-refractivity contribution in [2.45, 2.75) is 39.5 Å². The quantitative estimate of drug-likeness (QED) is 0.531. The first kappa shape index (κ1) is 19.4. The molecule has 0 radical (unpaired) electrons. The monoisotopic (exact) mass is 388 g/mol. The highest BCUT2D eigenvalue weighted by atomic mass is 35.5. The lowest BCUT2D eigenvalue weighted by molar-refractivity contribution is 0.0360. The second-order valence-electron chi connectivity index (χ2n) is 7.21. The van der Waals surface area contributed by atoms with Gasteiger partial charge in [0.15, 0.2) is 17.2 Å². The zero-order valence-corrected chi connectivity index (χ0v) is 16.7. The van der Waals surface area contributed by atoms with Crippen molar-refractivity contribution in [3.05, 3.63) is 41.9 Å². The molecule has 0 unspecified atom stereocenters. The number of halogens is 1. The van der Waals surface area contributed by atoms with Crippen molar-refractivity contribution >= 4 is 34.3 Å². The van der Waals surface area contributed by atoms with E-state index in [0.717, 1.165) is 11.3 Å². The smallest absolute Gasteiger partial charge is 0.165 e. The lowest BCUT2D eigenvalue weighted by Gasteiger charge is -2.34. The molecule has 3 rings (SSSR count). The number of rotatable bonds is 7. The Labute approximate surface area is 163 Å². The minimum Gasteiger partial charge on any atom is -0.369 e. The van der Waals surface area contributed by atoms with Gasteiger partial charge in [-0.25, -0.2) is 15.0 Å². The minimum absolute atomic E-state index is 0.0745. The Morgan fingerprint density at radius 2 is 1.96 bits per heavy atom. The van der Waals surface area contributed by atoms with Crippen LogP contribution in [0, 0.1) is 5.92 Å². The molecule has 27 heavy (non-hydrogen) atoms. The van der Waals surface area contributed by atoms with E-state index in [0.29, 0.717) is 16.4 Å². The van der Waals surface area contributed by atoms with Crippen LogP contribution >= 0.6 is 11.6 Å². The highest BCUT2D eigenvalue weighted by molar-refractivity contribution is 6.30. The van der Waals surface area contributed by atoms with Crippen molar-refractivity contribution in [1.82, 2.24) is 19.5 Å². The van der Waals surface area contributed by atoms with Crippen LogP contribution < -0.4 is 10.6 Å². The summed E-state index contributed by atoms with van der Waals surface area (Å²) in [5.41, 5.74) is 0.985. The van der Waals surface area contributed by atoms with Crippen LogP contribution in [0.5, 0.6) is 0 Å². The Morgan fingerprint density at radius 1 is 1.19 bits per heavy atom. The summed E-state index contributed by atoms with van der Waals surface area (Å²) in [6.45, 7) is 8.27. The first-order valence-corrected chi connectivity index (χ1v) is 9.35. The van der Waals surface area contributed by atoms with Gasteiger partial charge < -0.3 is 20.3 Å². The summed E-state index contributed by atoms with van der Waals surface area (Å²) in [4.78, 5) is 13.1. The van der Waals surface area contributed by atoms with Gasteiger partial charge in [-0.1, -0.05) is 31.5 Å². The van der Waals surface area contributed by atoms with Crippen molar-refractivity contribution in [1.29, 1.82) is 0 Å². The van der Waals surface area contributed by atoms with Gasteiger partial charge in [0.1, 0.15) is 11.8 Å². The number of fused-ring (bicyclic) bond motifs is 1. The largest absolute Gasteiger partial charge is 0.369 e. The lowest BCUT2D eigenvalue weighted by Crippen LogP contribution is -2.49. The average molecular weight is 389 g/mol. The molecule has 0 bridgehead atoms. The third kappa shape index (κ3) is 4.14. The Hall–Kier alpha value is -2.38. The first-order valence-electron chi connectivity index (χ1n) is 8.97. The van der Waals surface area contributed by atoms with Crippen LogP contribution in [0.1, 0.15) is 33.7 Å². The number of aromatic nitrogens is 4. The van der Waals surface area contributed by atoms with E-state index in [1.54, 1.807) is 18.5 Å². The van der Waals surface area contributed by atoms with Crippen molar-refractivity contribution in [3.8, 4) is 0 Å². The Balaban J connectivity index is 1.83. The van der Waals surface area contributed by atoms with E-state index >= 15 is 0 Å². The topological polar surface area (TPSA) is 87.9 Å². The number of nitrogens with zero attached hydrogens (tertiary/aromatic N) is 4. The van der Waals surface area contributed by atoms with E-state index < -0.39 is 5.72 Å². The molecule has 2 heterocycles. The van der Waals surface area contributed by atoms with Gasteiger partial charge >= 0.3 is 0 Å². The highest BCUT2D eigenvalue weighted by Crippen LogP contribution is 2.25. The van der Waals surface area contributed by atoms with Gasteiger partial charge in [-0.05, 0) is 32.0 Å². The molecule has 1 atom stereocenters. The van der Waals surface area contributed by atoms with Gasteiger partial charge in [-0.15, -0.1) is 0 Å². The van der Waals surface area contributed by atoms with E-state index in [1.165, 1.54) is 6.33 Å². The van der Waals surface area contributed by atoms with Gasteiger partial charge in [0.05, 0.1) is 12.9 Å². The number of anilines is 2. The highest BCUT2D eigenvalue weighted by Gasteiger charge is 2.31. The van der Waals surface area contributed by atoms with Crippen molar-refractivity contribution in [2.75, 3.05) is 17.2 Å². The predicted molar refractivity (Wildman–Crippen MR) is 109 cm³/mol. The van der Waals surface area contributed by atoms with Crippen molar-refractivity contribution in [2.24, 2.45) is 5.92 Å². The number of aliphatic hydroxyl groups is 1. The lowest BCUT2D eigenvalue weighted by atomic mass is 9.99. The molecule has 2 aromatic heterocycles. The second kappa shape index (κ2) is 7.70. The zero-order valence-electron chi connectivity index (χ0n) is 15.9. The molecule has 0 aliphatic heterocycles. The van der Waals surface area contributed by atoms with Crippen molar-refractivity contribution in [3.63, 3.8) is 0 Å². The van der Waals surface area contributed by atoms with Gasteiger partial charge in [0, 0.05) is 22.7 Å². The first-order chi connectivity index (χ1) is 12.8. The van der Waals surface area contributed by atoms with Crippen LogP contribution in [-0.4, -0.2) is 36.9 Å². The summed E-state index contributed by atoms with van der Waals surface area (Å²) in [5.74, 6) is 0.515. The molecule has 3 aromatic rings. The standard InChI is InChI=1S/C19H25ClN6O/c1-12(2)19(27,25-15-7-5-6-14(20)8-15)9-21-17-16-18(23-10-22-17)26(11-24-16)13(3)4/h5-8,10-13,25,27H,9H2,1-4H3,(H,21,22,23)/t19-/m0/s1. The number of imidazole rings is 1. The van der Waals surface area contributed by atoms with Crippen molar-refractivity contribution < 1.29 is 5.11 Å². The number of benzene rings is 1. The Bertz CT molecular complexity index is 925. The zero-order chi connectivity index (χ0) is 19.6. The molecular formula is C19H25ClN6O. The van der Waals surface area contributed by atoms with E-state index in [9.17, 15) is 5.11 Å². The molecule has 8 heteroatoms. The van der Waals surface area contributed by atoms with Crippen LogP contribution in [0.15, 0.2) is 36.9 Å². The summed E-state index contributed by atoms with van der Waals surface area (Å²) >= 11 is 6.05. The average Bonchev–Trinajstić information content (AvgIpc) is 3.04. The molecule has 0 aliphatic rings. The molecule has 0 spiro atoms. The summed E-state index contributed by atoms with van der Waals surface area (Å²) in [6, 6.07) is 7.52. The third-order valence-electron chi connectivity index (χ3n) is 4.58. The van der Waals surface area contributed by atoms with Gasteiger partial charge in [-0.2, -0.15) is 0 Å². The number of hydrogen-bond donors (Lipinski definition) is 3. The maximum Gasteiger partial charge on any atom is 0.165 e. The van der Waals surface area contributed by atoms with Gasteiger partial charge in [0.25, 0.3) is 0 Å². The normalized spacial score (nSPS) is 13.9. The van der Waals surface area contributed by atoms with E-state index in [2.05, 4.69) is 39.4 Å². The molecule has 0 fully saturated rings. The van der Waals surface area contributed by atoms with Crippen LogP contribution in [0.3, 0.4) is 0 Å².